The Morgan fingerprint density at radius 3 is 2.61 bits per heavy atom. The van der Waals surface area contributed by atoms with E-state index in [-0.39, 0.29) is 11.9 Å². The molecule has 1 atom stereocenters. The van der Waals surface area contributed by atoms with E-state index in [1.54, 1.807) is 0 Å². The van der Waals surface area contributed by atoms with Crippen molar-refractivity contribution in [3.05, 3.63) is 16.1 Å². The molecule has 100 valence electrons. The first-order chi connectivity index (χ1) is 8.39. The number of piperidine rings is 1. The van der Waals surface area contributed by atoms with Crippen LogP contribution in [0.5, 0.6) is 0 Å². The Bertz CT molecular complexity index is 429. The molecule has 1 aromatic rings. The molecular formula is C13H21N3OS. The molecule has 18 heavy (non-hydrogen) atoms. The van der Waals surface area contributed by atoms with Gasteiger partial charge in [0.2, 0.25) is 0 Å². The van der Waals surface area contributed by atoms with Crippen LogP contribution in [-0.2, 0) is 0 Å². The number of thiazole rings is 1. The predicted octanol–water partition coefficient (Wildman–Crippen LogP) is 2.43. The Morgan fingerprint density at radius 2 is 2.11 bits per heavy atom. The van der Waals surface area contributed by atoms with Gasteiger partial charge in [-0.3, -0.25) is 4.79 Å². The minimum atomic E-state index is -0.100. The first-order valence-corrected chi connectivity index (χ1v) is 7.27. The van der Waals surface area contributed by atoms with E-state index < -0.39 is 0 Å². The molecule has 2 rings (SSSR count). The van der Waals surface area contributed by atoms with Crippen molar-refractivity contribution in [2.45, 2.75) is 39.7 Å². The molecule has 4 nitrogen and oxygen atoms in total. The second-order valence-corrected chi connectivity index (χ2v) is 6.71. The van der Waals surface area contributed by atoms with Crippen LogP contribution in [-0.4, -0.2) is 28.9 Å². The van der Waals surface area contributed by atoms with Crippen LogP contribution >= 0.6 is 11.3 Å². The summed E-state index contributed by atoms with van der Waals surface area (Å²) >= 11 is 1.47. The Kier molecular flexibility index (Phi) is 3.73. The monoisotopic (exact) mass is 267 g/mol. The van der Waals surface area contributed by atoms with E-state index in [1.807, 2.05) is 17.2 Å². The Labute approximate surface area is 112 Å². The van der Waals surface area contributed by atoms with Crippen molar-refractivity contribution in [3.8, 4) is 0 Å². The molecule has 2 heterocycles. The lowest BCUT2D eigenvalue weighted by molar-refractivity contribution is 0.0625. The van der Waals surface area contributed by atoms with Crippen molar-refractivity contribution in [1.82, 2.24) is 9.88 Å². The van der Waals surface area contributed by atoms with Gasteiger partial charge < -0.3 is 10.6 Å². The fourth-order valence-electron chi connectivity index (χ4n) is 2.07. The molecule has 1 amide bonds. The van der Waals surface area contributed by atoms with E-state index in [0.717, 1.165) is 30.9 Å². The summed E-state index contributed by atoms with van der Waals surface area (Å²) in [6, 6.07) is -0.100. The zero-order chi connectivity index (χ0) is 13.3. The predicted molar refractivity (Wildman–Crippen MR) is 73.6 cm³/mol. The number of rotatable bonds is 2. The minimum absolute atomic E-state index is 0.0497. The van der Waals surface area contributed by atoms with Crippen molar-refractivity contribution in [2.75, 3.05) is 13.1 Å². The number of likely N-dealkylation sites (tertiary alicyclic amines) is 1. The number of nitrogens with two attached hydrogens (primary N) is 1. The molecule has 1 saturated heterocycles. The van der Waals surface area contributed by atoms with Gasteiger partial charge in [-0.15, -0.1) is 11.3 Å². The molecule has 1 aromatic heterocycles. The topological polar surface area (TPSA) is 59.2 Å². The van der Waals surface area contributed by atoms with Crippen LogP contribution in [0.2, 0.25) is 0 Å². The summed E-state index contributed by atoms with van der Waals surface area (Å²) in [4.78, 5) is 18.5. The van der Waals surface area contributed by atoms with Gasteiger partial charge in [0.25, 0.3) is 5.91 Å². The first kappa shape index (κ1) is 13.5. The van der Waals surface area contributed by atoms with Gasteiger partial charge in [-0.1, -0.05) is 13.8 Å². The maximum atomic E-state index is 12.3. The molecule has 0 radical (unpaired) electrons. The maximum Gasteiger partial charge on any atom is 0.273 e. The van der Waals surface area contributed by atoms with E-state index in [2.05, 4.69) is 18.8 Å². The zero-order valence-corrected chi connectivity index (χ0v) is 12.1. The lowest BCUT2D eigenvalue weighted by Gasteiger charge is -2.36. The SMILES string of the molecule is CC(N)c1nc(C(=O)N2CCC(C)(C)CC2)cs1. The van der Waals surface area contributed by atoms with E-state index in [1.165, 1.54) is 11.3 Å². The van der Waals surface area contributed by atoms with Crippen molar-refractivity contribution < 1.29 is 4.79 Å². The Morgan fingerprint density at radius 1 is 1.50 bits per heavy atom. The second kappa shape index (κ2) is 4.97. The van der Waals surface area contributed by atoms with Crippen LogP contribution in [0.3, 0.4) is 0 Å². The van der Waals surface area contributed by atoms with Gasteiger partial charge in [0.05, 0.1) is 6.04 Å². The van der Waals surface area contributed by atoms with Crippen LogP contribution in [0.15, 0.2) is 5.38 Å². The Hall–Kier alpha value is -0.940. The van der Waals surface area contributed by atoms with Crippen LogP contribution in [0, 0.1) is 5.41 Å². The highest BCUT2D eigenvalue weighted by Gasteiger charge is 2.29. The van der Waals surface area contributed by atoms with Crippen molar-refractivity contribution >= 4 is 17.2 Å². The fraction of sp³-hybridized carbons (Fsp3) is 0.692. The van der Waals surface area contributed by atoms with Crippen LogP contribution in [0.25, 0.3) is 0 Å². The smallest absolute Gasteiger partial charge is 0.273 e. The third kappa shape index (κ3) is 2.90. The summed E-state index contributed by atoms with van der Waals surface area (Å²) in [5.41, 5.74) is 6.67. The molecule has 1 aliphatic rings. The number of nitrogens with zero attached hydrogens (tertiary/aromatic N) is 2. The summed E-state index contributed by atoms with van der Waals surface area (Å²) < 4.78 is 0. The zero-order valence-electron chi connectivity index (χ0n) is 11.3. The molecule has 1 unspecified atom stereocenters. The quantitative estimate of drug-likeness (QED) is 0.895. The van der Waals surface area contributed by atoms with E-state index >= 15 is 0 Å². The molecule has 0 spiro atoms. The van der Waals surface area contributed by atoms with E-state index in [4.69, 9.17) is 5.73 Å². The van der Waals surface area contributed by atoms with E-state index in [9.17, 15) is 4.79 Å². The van der Waals surface area contributed by atoms with Gasteiger partial charge in [0, 0.05) is 18.5 Å². The number of aromatic nitrogens is 1. The lowest BCUT2D eigenvalue weighted by atomic mass is 9.82. The highest BCUT2D eigenvalue weighted by atomic mass is 32.1. The van der Waals surface area contributed by atoms with Gasteiger partial charge in [-0.2, -0.15) is 0 Å². The third-order valence-corrected chi connectivity index (χ3v) is 4.58. The fourth-order valence-corrected chi connectivity index (χ4v) is 2.82. The summed E-state index contributed by atoms with van der Waals surface area (Å²) in [6.07, 6.45) is 2.12. The summed E-state index contributed by atoms with van der Waals surface area (Å²) in [6.45, 7) is 8.06. The Balaban J connectivity index is 2.03. The third-order valence-electron chi connectivity index (χ3n) is 3.53. The highest BCUT2D eigenvalue weighted by Crippen LogP contribution is 2.30. The molecule has 1 fully saturated rings. The largest absolute Gasteiger partial charge is 0.337 e. The normalized spacial score (nSPS) is 20.8. The second-order valence-electron chi connectivity index (χ2n) is 5.82. The van der Waals surface area contributed by atoms with E-state index in [0.29, 0.717) is 11.1 Å². The van der Waals surface area contributed by atoms with Gasteiger partial charge in [0.15, 0.2) is 0 Å². The summed E-state index contributed by atoms with van der Waals surface area (Å²) in [5, 5.41) is 2.65. The van der Waals surface area contributed by atoms with Gasteiger partial charge >= 0.3 is 0 Å². The summed E-state index contributed by atoms with van der Waals surface area (Å²) in [5.74, 6) is 0.0497. The number of carbonyl (C=O) groups excluding carboxylic acids is 1. The van der Waals surface area contributed by atoms with Crippen molar-refractivity contribution in [2.24, 2.45) is 11.1 Å². The molecule has 1 aliphatic heterocycles. The summed E-state index contributed by atoms with van der Waals surface area (Å²) in [7, 11) is 0. The standard InChI is InChI=1S/C13H21N3OS/c1-9(14)11-15-10(8-18-11)12(17)16-6-4-13(2,3)5-7-16/h8-9H,4-7,14H2,1-3H3. The van der Waals surface area contributed by atoms with Crippen molar-refractivity contribution in [3.63, 3.8) is 0 Å². The average molecular weight is 267 g/mol. The molecule has 2 N–H and O–H groups in total. The van der Waals surface area contributed by atoms with Crippen LogP contribution < -0.4 is 5.73 Å². The van der Waals surface area contributed by atoms with Gasteiger partial charge in [-0.25, -0.2) is 4.98 Å². The number of amides is 1. The van der Waals surface area contributed by atoms with Crippen LogP contribution in [0.1, 0.15) is 55.2 Å². The van der Waals surface area contributed by atoms with Gasteiger partial charge in [0.1, 0.15) is 10.7 Å². The van der Waals surface area contributed by atoms with Crippen molar-refractivity contribution in [1.29, 1.82) is 0 Å². The molecule has 0 saturated carbocycles. The highest BCUT2D eigenvalue weighted by molar-refractivity contribution is 7.09. The number of hydrogen-bond acceptors (Lipinski definition) is 4. The average Bonchev–Trinajstić information content (AvgIpc) is 2.77. The lowest BCUT2D eigenvalue weighted by Crippen LogP contribution is -2.41. The maximum absolute atomic E-state index is 12.3. The molecule has 5 heteroatoms. The number of carbonyl (C=O) groups is 1. The molecular weight excluding hydrogens is 246 g/mol. The number of hydrogen-bond donors (Lipinski definition) is 1. The molecule has 0 aromatic carbocycles. The van der Waals surface area contributed by atoms with Gasteiger partial charge in [-0.05, 0) is 25.2 Å². The molecule has 0 bridgehead atoms. The minimum Gasteiger partial charge on any atom is -0.337 e. The van der Waals surface area contributed by atoms with Crippen LogP contribution in [0.4, 0.5) is 0 Å². The molecule has 0 aliphatic carbocycles. The first-order valence-electron chi connectivity index (χ1n) is 6.39.